The molecule has 104 valence electrons. The summed E-state index contributed by atoms with van der Waals surface area (Å²) in [5.74, 6) is -0.246. The first-order chi connectivity index (χ1) is 9.69. The van der Waals surface area contributed by atoms with E-state index in [0.29, 0.717) is 0 Å². The van der Waals surface area contributed by atoms with Crippen molar-refractivity contribution in [1.82, 2.24) is 9.97 Å². The first kappa shape index (κ1) is 14.0. The number of nitrogens with zero attached hydrogens (tertiary/aromatic N) is 2. The highest BCUT2D eigenvalue weighted by Gasteiger charge is 2.08. The van der Waals surface area contributed by atoms with Crippen molar-refractivity contribution in [3.63, 3.8) is 0 Å². The highest BCUT2D eigenvalue weighted by molar-refractivity contribution is 5.72. The van der Waals surface area contributed by atoms with Crippen molar-refractivity contribution < 1.29 is 9.53 Å². The molecule has 0 saturated heterocycles. The maximum atomic E-state index is 11.3. The van der Waals surface area contributed by atoms with Crippen LogP contribution < -0.4 is 5.32 Å². The van der Waals surface area contributed by atoms with Gasteiger partial charge in [-0.1, -0.05) is 12.1 Å². The molecular formula is C15H17N3O2. The van der Waals surface area contributed by atoms with Crippen LogP contribution >= 0.6 is 0 Å². The van der Waals surface area contributed by atoms with Gasteiger partial charge in [-0.3, -0.25) is 14.8 Å². The number of benzene rings is 1. The third kappa shape index (κ3) is 3.78. The lowest BCUT2D eigenvalue weighted by atomic mass is 10.1. The molecule has 0 aliphatic heterocycles. The maximum Gasteiger partial charge on any atom is 0.309 e. The number of carbonyl (C=O) groups excluding carboxylic acids is 1. The summed E-state index contributed by atoms with van der Waals surface area (Å²) in [4.78, 5) is 19.6. The second-order valence-corrected chi connectivity index (χ2v) is 4.45. The number of methoxy groups -OCH3 is 1. The van der Waals surface area contributed by atoms with Crippen molar-refractivity contribution in [2.45, 2.75) is 19.4 Å². The molecular weight excluding hydrogens is 254 g/mol. The first-order valence-electron chi connectivity index (χ1n) is 6.37. The van der Waals surface area contributed by atoms with Gasteiger partial charge < -0.3 is 10.1 Å². The molecule has 1 aromatic carbocycles. The summed E-state index contributed by atoms with van der Waals surface area (Å²) >= 11 is 0. The van der Waals surface area contributed by atoms with Crippen LogP contribution in [-0.4, -0.2) is 23.0 Å². The molecule has 1 heterocycles. The monoisotopic (exact) mass is 271 g/mol. The molecule has 5 heteroatoms. The zero-order valence-electron chi connectivity index (χ0n) is 11.5. The fraction of sp³-hybridized carbons (Fsp3) is 0.267. The fourth-order valence-corrected chi connectivity index (χ4v) is 1.87. The molecule has 1 atom stereocenters. The van der Waals surface area contributed by atoms with Gasteiger partial charge in [-0.2, -0.15) is 0 Å². The molecule has 0 bridgehead atoms. The van der Waals surface area contributed by atoms with Crippen molar-refractivity contribution >= 4 is 11.7 Å². The minimum absolute atomic E-state index is 0.0390. The topological polar surface area (TPSA) is 64.1 Å². The summed E-state index contributed by atoms with van der Waals surface area (Å²) in [6.45, 7) is 2.01. The van der Waals surface area contributed by atoms with Crippen LogP contribution in [0, 0.1) is 0 Å². The Balaban J connectivity index is 2.06. The Morgan fingerprint density at radius 3 is 2.95 bits per heavy atom. The van der Waals surface area contributed by atoms with Crippen LogP contribution in [0.1, 0.15) is 24.2 Å². The predicted molar refractivity (Wildman–Crippen MR) is 76.2 cm³/mol. The summed E-state index contributed by atoms with van der Waals surface area (Å²) in [6, 6.07) is 7.73. The molecule has 0 saturated carbocycles. The number of anilines is 1. The van der Waals surface area contributed by atoms with E-state index >= 15 is 0 Å². The standard InChI is InChI=1S/C15H17N3O2/c1-11(14-10-16-6-7-17-14)18-13-5-3-4-12(8-13)9-15(19)20-2/h3-8,10-11,18H,9H2,1-2H3/t11-/m0/s1. The van der Waals surface area contributed by atoms with Gasteiger partial charge in [0.2, 0.25) is 0 Å². The SMILES string of the molecule is COC(=O)Cc1cccc(N[C@@H](C)c2cnccn2)c1. The molecule has 0 aliphatic rings. The minimum atomic E-state index is -0.246. The third-order valence-corrected chi connectivity index (χ3v) is 2.91. The molecule has 0 spiro atoms. The Morgan fingerprint density at radius 1 is 1.40 bits per heavy atom. The Labute approximate surface area is 118 Å². The van der Waals surface area contributed by atoms with Gasteiger partial charge in [0, 0.05) is 18.1 Å². The highest BCUT2D eigenvalue weighted by atomic mass is 16.5. The number of hydrogen-bond donors (Lipinski definition) is 1. The molecule has 0 radical (unpaired) electrons. The number of esters is 1. The highest BCUT2D eigenvalue weighted by Crippen LogP contribution is 2.18. The number of carbonyl (C=O) groups is 1. The van der Waals surface area contributed by atoms with Crippen LogP contribution in [0.25, 0.3) is 0 Å². The van der Waals surface area contributed by atoms with Crippen LogP contribution in [0.5, 0.6) is 0 Å². The van der Waals surface area contributed by atoms with E-state index in [1.807, 2.05) is 31.2 Å². The average molecular weight is 271 g/mol. The summed E-state index contributed by atoms with van der Waals surface area (Å²) in [5.41, 5.74) is 2.71. The fourth-order valence-electron chi connectivity index (χ4n) is 1.87. The van der Waals surface area contributed by atoms with Crippen LogP contribution in [-0.2, 0) is 16.0 Å². The smallest absolute Gasteiger partial charge is 0.309 e. The van der Waals surface area contributed by atoms with Gasteiger partial charge in [-0.05, 0) is 24.6 Å². The van der Waals surface area contributed by atoms with Crippen LogP contribution in [0.2, 0.25) is 0 Å². The minimum Gasteiger partial charge on any atom is -0.469 e. The number of nitrogens with one attached hydrogen (secondary N) is 1. The zero-order chi connectivity index (χ0) is 14.4. The van der Waals surface area contributed by atoms with Gasteiger partial charge in [-0.15, -0.1) is 0 Å². The van der Waals surface area contributed by atoms with Crippen LogP contribution in [0.3, 0.4) is 0 Å². The van der Waals surface area contributed by atoms with E-state index in [2.05, 4.69) is 20.0 Å². The van der Waals surface area contributed by atoms with Gasteiger partial charge in [0.05, 0.1) is 31.5 Å². The Morgan fingerprint density at radius 2 is 2.25 bits per heavy atom. The van der Waals surface area contributed by atoms with Crippen molar-refractivity contribution in [2.24, 2.45) is 0 Å². The molecule has 0 aliphatic carbocycles. The molecule has 0 amide bonds. The lowest BCUT2D eigenvalue weighted by Crippen LogP contribution is -2.09. The van der Waals surface area contributed by atoms with E-state index in [1.165, 1.54) is 7.11 Å². The molecule has 5 nitrogen and oxygen atoms in total. The Hall–Kier alpha value is -2.43. The molecule has 20 heavy (non-hydrogen) atoms. The molecule has 1 aromatic heterocycles. The number of aromatic nitrogens is 2. The van der Waals surface area contributed by atoms with Gasteiger partial charge in [0.15, 0.2) is 0 Å². The normalized spacial score (nSPS) is 11.7. The van der Waals surface area contributed by atoms with Crippen LogP contribution in [0.15, 0.2) is 42.9 Å². The largest absolute Gasteiger partial charge is 0.469 e. The number of rotatable bonds is 5. The van der Waals surface area contributed by atoms with Gasteiger partial charge in [0.25, 0.3) is 0 Å². The summed E-state index contributed by atoms with van der Waals surface area (Å²) in [5, 5.41) is 3.34. The summed E-state index contributed by atoms with van der Waals surface area (Å²) in [6.07, 6.45) is 5.32. The first-order valence-corrected chi connectivity index (χ1v) is 6.37. The van der Waals surface area contributed by atoms with Crippen molar-refractivity contribution in [2.75, 3.05) is 12.4 Å². The second kappa shape index (κ2) is 6.65. The molecule has 2 aromatic rings. The summed E-state index contributed by atoms with van der Waals surface area (Å²) in [7, 11) is 1.39. The quantitative estimate of drug-likeness (QED) is 0.846. The van der Waals surface area contributed by atoms with E-state index in [1.54, 1.807) is 18.6 Å². The molecule has 1 N–H and O–H groups in total. The maximum absolute atomic E-state index is 11.3. The van der Waals surface area contributed by atoms with E-state index in [-0.39, 0.29) is 18.4 Å². The lowest BCUT2D eigenvalue weighted by molar-refractivity contribution is -0.139. The predicted octanol–water partition coefficient (Wildman–Crippen LogP) is 2.37. The molecule has 2 rings (SSSR count). The van der Waals surface area contributed by atoms with Crippen molar-refractivity contribution in [3.05, 3.63) is 54.1 Å². The number of hydrogen-bond acceptors (Lipinski definition) is 5. The number of ether oxygens (including phenoxy) is 1. The van der Waals surface area contributed by atoms with E-state index in [0.717, 1.165) is 16.9 Å². The molecule has 0 fully saturated rings. The van der Waals surface area contributed by atoms with Crippen molar-refractivity contribution in [3.8, 4) is 0 Å². The van der Waals surface area contributed by atoms with E-state index in [9.17, 15) is 4.79 Å². The zero-order valence-corrected chi connectivity index (χ0v) is 11.5. The average Bonchev–Trinajstić information content (AvgIpc) is 2.48. The molecule has 0 unspecified atom stereocenters. The lowest BCUT2D eigenvalue weighted by Gasteiger charge is -2.15. The van der Waals surface area contributed by atoms with Gasteiger partial charge >= 0.3 is 5.97 Å². The second-order valence-electron chi connectivity index (χ2n) is 4.45. The van der Waals surface area contributed by atoms with Crippen molar-refractivity contribution in [1.29, 1.82) is 0 Å². The Bertz CT molecular complexity index is 572. The summed E-state index contributed by atoms with van der Waals surface area (Å²) < 4.78 is 4.67. The van der Waals surface area contributed by atoms with Crippen LogP contribution in [0.4, 0.5) is 5.69 Å². The van der Waals surface area contributed by atoms with E-state index < -0.39 is 0 Å². The third-order valence-electron chi connectivity index (χ3n) is 2.91. The van der Waals surface area contributed by atoms with Gasteiger partial charge in [-0.25, -0.2) is 0 Å². The van der Waals surface area contributed by atoms with Gasteiger partial charge in [0.1, 0.15) is 0 Å². The van der Waals surface area contributed by atoms with E-state index in [4.69, 9.17) is 0 Å². The Kier molecular flexibility index (Phi) is 4.65.